The molecule has 326 valence electrons. The molecule has 0 aliphatic carbocycles. The average molecular weight is 801 g/mol. The number of hydrogen-bond donors (Lipinski definition) is 5. The van der Waals surface area contributed by atoms with Gasteiger partial charge in [-0.1, -0.05) is 68.7 Å². The summed E-state index contributed by atoms with van der Waals surface area (Å²) in [7, 11) is 1.56. The first kappa shape index (κ1) is 46.1. The number of carbonyl (C=O) groups is 1. The van der Waals surface area contributed by atoms with Crippen LogP contribution in [-0.4, -0.2) is 122 Å². The summed E-state index contributed by atoms with van der Waals surface area (Å²) in [5.41, 5.74) is -2.36. The van der Waals surface area contributed by atoms with Crippen LogP contribution in [0.3, 0.4) is 0 Å². The SMILES string of the molecule is CCCC(C)(OCC1(C)CC(C)C2(OC(C(C)C3OC(O)(CC(=O)O)C(C)C(OC)C3C)CC(O)C2C)O1)C1OC(C2(O)OC(C)(C(O)CC)CC2C)CC1C. The number of hydrogen-bond acceptors (Lipinski definition) is 12. The van der Waals surface area contributed by atoms with Crippen LogP contribution in [-0.2, 0) is 38.0 Å². The number of methoxy groups -OCH3 is 1. The van der Waals surface area contributed by atoms with E-state index in [1.54, 1.807) is 14.0 Å². The van der Waals surface area contributed by atoms with E-state index in [2.05, 4.69) is 27.7 Å². The zero-order valence-electron chi connectivity index (χ0n) is 36.4. The molecule has 1 spiro atoms. The van der Waals surface area contributed by atoms with Crippen LogP contribution in [0.2, 0.25) is 0 Å². The Morgan fingerprint density at radius 2 is 1.62 bits per heavy atom. The topological polar surface area (TPSA) is 183 Å². The molecule has 5 aliphatic heterocycles. The van der Waals surface area contributed by atoms with Crippen LogP contribution in [0.15, 0.2) is 0 Å². The fraction of sp³-hybridized carbons (Fsp3) is 0.977. The van der Waals surface area contributed by atoms with E-state index in [0.29, 0.717) is 38.5 Å². The minimum absolute atomic E-state index is 0.0548. The summed E-state index contributed by atoms with van der Waals surface area (Å²) in [5.74, 6) is -7.61. The monoisotopic (exact) mass is 801 g/mol. The molecule has 0 aromatic carbocycles. The van der Waals surface area contributed by atoms with Crippen LogP contribution in [0, 0.1) is 41.4 Å². The van der Waals surface area contributed by atoms with Crippen LogP contribution >= 0.6 is 0 Å². The summed E-state index contributed by atoms with van der Waals surface area (Å²) >= 11 is 0. The first-order valence-electron chi connectivity index (χ1n) is 21.5. The standard InChI is InChI=1S/C43H76O13/c1-14-16-39(11,37-23(3)17-33(52-37)42(49)24(4)20-40(12,56-42)32(45)15-2)51-22-38(10)19-25(5)43(55-38)28(8)30(44)18-31(53-43)26(6)35-27(7)36(50-13)29(9)41(48,54-35)21-34(46)47/h23-33,35-37,44-45,48-49H,14-22H2,1-13H3,(H,46,47). The molecule has 56 heavy (non-hydrogen) atoms. The number of aliphatic hydroxyl groups is 4. The normalized spacial score (nSPS) is 50.6. The molecule has 20 unspecified atom stereocenters. The lowest BCUT2D eigenvalue weighted by molar-refractivity contribution is -0.367. The number of rotatable bonds is 14. The van der Waals surface area contributed by atoms with Crippen LogP contribution in [0.1, 0.15) is 134 Å². The van der Waals surface area contributed by atoms with E-state index >= 15 is 0 Å². The first-order valence-corrected chi connectivity index (χ1v) is 21.5. The van der Waals surface area contributed by atoms with Crippen molar-refractivity contribution in [3.63, 3.8) is 0 Å². The van der Waals surface area contributed by atoms with Crippen molar-refractivity contribution in [2.24, 2.45) is 41.4 Å². The van der Waals surface area contributed by atoms with Crippen molar-refractivity contribution in [3.05, 3.63) is 0 Å². The van der Waals surface area contributed by atoms with E-state index in [4.69, 9.17) is 33.2 Å². The van der Waals surface area contributed by atoms with Crippen molar-refractivity contribution in [1.82, 2.24) is 0 Å². The molecule has 5 aliphatic rings. The van der Waals surface area contributed by atoms with Crippen LogP contribution in [0.25, 0.3) is 0 Å². The number of aliphatic carboxylic acids is 1. The molecule has 5 fully saturated rings. The summed E-state index contributed by atoms with van der Waals surface area (Å²) in [5, 5.41) is 55.5. The fourth-order valence-electron chi connectivity index (χ4n) is 11.7. The molecule has 5 heterocycles. The second-order valence-corrected chi connectivity index (χ2v) is 19.6. The predicted molar refractivity (Wildman–Crippen MR) is 207 cm³/mol. The lowest BCUT2D eigenvalue weighted by Crippen LogP contribution is -2.63. The van der Waals surface area contributed by atoms with Gasteiger partial charge in [-0.3, -0.25) is 4.79 Å². The zero-order chi connectivity index (χ0) is 42.0. The van der Waals surface area contributed by atoms with Crippen molar-refractivity contribution < 1.29 is 63.5 Å². The number of carboxylic acids is 1. The van der Waals surface area contributed by atoms with Crippen molar-refractivity contribution in [3.8, 4) is 0 Å². The minimum atomic E-state index is -1.94. The highest BCUT2D eigenvalue weighted by Crippen LogP contribution is 2.55. The Balaban J connectivity index is 1.32. The first-order chi connectivity index (χ1) is 25.9. The van der Waals surface area contributed by atoms with Crippen LogP contribution in [0.4, 0.5) is 0 Å². The number of carboxylic acid groups (broad SMARTS) is 1. The van der Waals surface area contributed by atoms with Gasteiger partial charge in [-0.15, -0.1) is 0 Å². The van der Waals surface area contributed by atoms with Gasteiger partial charge in [0.2, 0.25) is 0 Å². The Hall–Kier alpha value is -0.970. The van der Waals surface area contributed by atoms with E-state index in [1.807, 2.05) is 48.5 Å². The highest BCUT2D eigenvalue weighted by molar-refractivity contribution is 5.68. The average Bonchev–Trinajstić information content (AvgIpc) is 3.72. The summed E-state index contributed by atoms with van der Waals surface area (Å²) in [6.07, 6.45) is -0.437. The Morgan fingerprint density at radius 1 is 0.964 bits per heavy atom. The Morgan fingerprint density at radius 3 is 2.21 bits per heavy atom. The maximum Gasteiger partial charge on any atom is 0.308 e. The maximum atomic E-state index is 12.0. The molecule has 0 amide bonds. The third-order valence-corrected chi connectivity index (χ3v) is 15.1. The molecule has 0 radical (unpaired) electrons. The molecule has 0 bridgehead atoms. The summed E-state index contributed by atoms with van der Waals surface area (Å²) in [6.45, 7) is 24.1. The Kier molecular flexibility index (Phi) is 13.6. The molecule has 0 saturated carbocycles. The summed E-state index contributed by atoms with van der Waals surface area (Å²) < 4.78 is 46.3. The highest BCUT2D eigenvalue weighted by atomic mass is 16.7. The highest BCUT2D eigenvalue weighted by Gasteiger charge is 2.64. The van der Waals surface area contributed by atoms with Gasteiger partial charge in [0, 0.05) is 49.0 Å². The molecule has 5 rings (SSSR count). The number of ether oxygens (including phenoxy) is 7. The van der Waals surface area contributed by atoms with Gasteiger partial charge in [0.15, 0.2) is 17.4 Å². The van der Waals surface area contributed by atoms with Gasteiger partial charge in [-0.2, -0.15) is 0 Å². The largest absolute Gasteiger partial charge is 0.481 e. The molecule has 5 N–H and O–H groups in total. The van der Waals surface area contributed by atoms with E-state index in [1.165, 1.54) is 0 Å². The zero-order valence-corrected chi connectivity index (χ0v) is 36.4. The van der Waals surface area contributed by atoms with Gasteiger partial charge in [0.25, 0.3) is 0 Å². The van der Waals surface area contributed by atoms with Gasteiger partial charge >= 0.3 is 5.97 Å². The molecular weight excluding hydrogens is 724 g/mol. The van der Waals surface area contributed by atoms with Gasteiger partial charge in [0.1, 0.15) is 6.10 Å². The molecule has 0 aromatic heterocycles. The van der Waals surface area contributed by atoms with Gasteiger partial charge in [0.05, 0.1) is 66.5 Å². The second-order valence-electron chi connectivity index (χ2n) is 19.6. The summed E-state index contributed by atoms with van der Waals surface area (Å²) in [4.78, 5) is 11.8. The predicted octanol–water partition coefficient (Wildman–Crippen LogP) is 5.41. The van der Waals surface area contributed by atoms with E-state index in [9.17, 15) is 30.3 Å². The van der Waals surface area contributed by atoms with Crippen LogP contribution < -0.4 is 0 Å². The minimum Gasteiger partial charge on any atom is -0.481 e. The quantitative estimate of drug-likeness (QED) is 0.151. The second kappa shape index (κ2) is 16.5. The molecule has 0 aromatic rings. The Bertz CT molecular complexity index is 1370. The third-order valence-electron chi connectivity index (χ3n) is 15.1. The van der Waals surface area contributed by atoms with E-state index in [0.717, 1.165) is 6.42 Å². The van der Waals surface area contributed by atoms with Gasteiger partial charge in [-0.25, -0.2) is 0 Å². The Labute approximate surface area is 335 Å². The smallest absolute Gasteiger partial charge is 0.308 e. The van der Waals surface area contributed by atoms with E-state index < -0.39 is 89.1 Å². The van der Waals surface area contributed by atoms with Crippen molar-refractivity contribution in [2.45, 2.75) is 211 Å². The molecule has 13 heteroatoms. The molecule has 13 nitrogen and oxygen atoms in total. The van der Waals surface area contributed by atoms with Gasteiger partial charge < -0.3 is 58.7 Å². The fourth-order valence-corrected chi connectivity index (χ4v) is 11.7. The maximum absolute atomic E-state index is 12.0. The molecule has 5 saturated heterocycles. The van der Waals surface area contributed by atoms with Gasteiger partial charge in [-0.05, 0) is 58.8 Å². The molecule has 20 atom stereocenters. The lowest BCUT2D eigenvalue weighted by Gasteiger charge is -2.54. The lowest BCUT2D eigenvalue weighted by atomic mass is 9.73. The van der Waals surface area contributed by atoms with Crippen molar-refractivity contribution >= 4 is 5.97 Å². The van der Waals surface area contributed by atoms with E-state index in [-0.39, 0.29) is 48.2 Å². The summed E-state index contributed by atoms with van der Waals surface area (Å²) in [6, 6.07) is 0. The third kappa shape index (κ3) is 8.11. The number of aliphatic hydroxyl groups excluding tert-OH is 2. The van der Waals surface area contributed by atoms with Crippen LogP contribution in [0.5, 0.6) is 0 Å². The van der Waals surface area contributed by atoms with Crippen molar-refractivity contribution in [1.29, 1.82) is 0 Å². The molecular formula is C43H76O13. The van der Waals surface area contributed by atoms with Crippen molar-refractivity contribution in [2.75, 3.05) is 13.7 Å².